The SMILES string of the molecule is CN(C)CC(C)(O)CNc1nc(N)ns1. The second-order valence-electron chi connectivity index (χ2n) is 4.05. The van der Waals surface area contributed by atoms with Gasteiger partial charge in [-0.1, -0.05) is 0 Å². The zero-order valence-corrected chi connectivity index (χ0v) is 10.0. The van der Waals surface area contributed by atoms with Crippen molar-refractivity contribution in [2.75, 3.05) is 38.2 Å². The summed E-state index contributed by atoms with van der Waals surface area (Å²) in [5, 5.41) is 13.6. The van der Waals surface area contributed by atoms with E-state index in [1.807, 2.05) is 19.0 Å². The molecule has 1 rings (SSSR count). The summed E-state index contributed by atoms with van der Waals surface area (Å²) in [6, 6.07) is 0. The number of anilines is 2. The van der Waals surface area contributed by atoms with Gasteiger partial charge in [-0.15, -0.1) is 0 Å². The quantitative estimate of drug-likeness (QED) is 0.653. The van der Waals surface area contributed by atoms with Crippen molar-refractivity contribution in [3.8, 4) is 0 Å². The number of aromatic nitrogens is 2. The third-order valence-electron chi connectivity index (χ3n) is 1.72. The third kappa shape index (κ3) is 4.41. The van der Waals surface area contributed by atoms with Crippen molar-refractivity contribution in [1.29, 1.82) is 0 Å². The highest BCUT2D eigenvalue weighted by molar-refractivity contribution is 7.09. The van der Waals surface area contributed by atoms with Gasteiger partial charge in [0.15, 0.2) is 0 Å². The molecule has 0 aromatic carbocycles. The molecule has 1 atom stereocenters. The van der Waals surface area contributed by atoms with Crippen LogP contribution < -0.4 is 11.1 Å². The van der Waals surface area contributed by atoms with Gasteiger partial charge in [0.2, 0.25) is 11.1 Å². The molecule has 0 aliphatic carbocycles. The molecule has 0 bridgehead atoms. The van der Waals surface area contributed by atoms with Gasteiger partial charge in [-0.25, -0.2) is 0 Å². The Balaban J connectivity index is 2.42. The molecule has 0 radical (unpaired) electrons. The van der Waals surface area contributed by atoms with Gasteiger partial charge in [0.05, 0.1) is 5.60 Å². The van der Waals surface area contributed by atoms with Crippen LogP contribution in [-0.2, 0) is 0 Å². The molecule has 0 aliphatic heterocycles. The molecule has 1 aromatic heterocycles. The monoisotopic (exact) mass is 231 g/mol. The van der Waals surface area contributed by atoms with E-state index in [2.05, 4.69) is 14.7 Å². The zero-order valence-electron chi connectivity index (χ0n) is 9.19. The first-order valence-corrected chi connectivity index (χ1v) is 5.36. The van der Waals surface area contributed by atoms with E-state index in [9.17, 15) is 5.11 Å². The van der Waals surface area contributed by atoms with Crippen LogP contribution in [0.2, 0.25) is 0 Å². The molecular formula is C8H17N5OS. The Morgan fingerprint density at radius 1 is 1.60 bits per heavy atom. The molecule has 15 heavy (non-hydrogen) atoms. The first-order valence-electron chi connectivity index (χ1n) is 4.59. The summed E-state index contributed by atoms with van der Waals surface area (Å²) in [7, 11) is 3.83. The van der Waals surface area contributed by atoms with Crippen molar-refractivity contribution in [3.63, 3.8) is 0 Å². The Kier molecular flexibility index (Phi) is 3.83. The van der Waals surface area contributed by atoms with E-state index in [1.54, 1.807) is 6.92 Å². The van der Waals surface area contributed by atoms with E-state index in [1.165, 1.54) is 11.5 Å². The average molecular weight is 231 g/mol. The van der Waals surface area contributed by atoms with Crippen LogP contribution in [0.3, 0.4) is 0 Å². The van der Waals surface area contributed by atoms with E-state index >= 15 is 0 Å². The van der Waals surface area contributed by atoms with Crippen LogP contribution in [0, 0.1) is 0 Å². The lowest BCUT2D eigenvalue weighted by Gasteiger charge is -2.26. The van der Waals surface area contributed by atoms with Crippen LogP contribution in [0.1, 0.15) is 6.92 Å². The molecule has 0 amide bonds. The molecule has 0 aliphatic rings. The Morgan fingerprint density at radius 2 is 2.27 bits per heavy atom. The fourth-order valence-electron chi connectivity index (χ4n) is 1.31. The van der Waals surface area contributed by atoms with Gasteiger partial charge in [-0.2, -0.15) is 9.36 Å². The van der Waals surface area contributed by atoms with Crippen molar-refractivity contribution >= 4 is 22.6 Å². The summed E-state index contributed by atoms with van der Waals surface area (Å²) < 4.78 is 3.83. The molecule has 0 saturated carbocycles. The highest BCUT2D eigenvalue weighted by atomic mass is 32.1. The van der Waals surface area contributed by atoms with E-state index in [-0.39, 0.29) is 5.95 Å². The molecule has 0 spiro atoms. The van der Waals surface area contributed by atoms with E-state index < -0.39 is 5.60 Å². The van der Waals surface area contributed by atoms with Crippen molar-refractivity contribution < 1.29 is 5.11 Å². The molecule has 0 saturated heterocycles. The van der Waals surface area contributed by atoms with Crippen molar-refractivity contribution in [2.24, 2.45) is 0 Å². The average Bonchev–Trinajstić information content (AvgIpc) is 2.46. The summed E-state index contributed by atoms with van der Waals surface area (Å²) in [5.41, 5.74) is 4.57. The Hall–Kier alpha value is -0.920. The standard InChI is InChI=1S/C8H17N5OS/c1-8(14,5-13(2)3)4-10-7-11-6(9)12-15-7/h14H,4-5H2,1-3H3,(H3,9,10,11,12). The second-order valence-corrected chi connectivity index (χ2v) is 4.80. The van der Waals surface area contributed by atoms with Crippen molar-refractivity contribution in [3.05, 3.63) is 0 Å². The van der Waals surface area contributed by atoms with Crippen LogP contribution in [-0.4, -0.2) is 52.1 Å². The molecule has 7 heteroatoms. The molecular weight excluding hydrogens is 214 g/mol. The van der Waals surface area contributed by atoms with E-state index in [0.717, 1.165) is 0 Å². The maximum Gasteiger partial charge on any atom is 0.233 e. The summed E-state index contributed by atoms with van der Waals surface area (Å²) in [4.78, 5) is 5.87. The molecule has 1 heterocycles. The number of nitrogens with one attached hydrogen (secondary N) is 1. The lowest BCUT2D eigenvalue weighted by atomic mass is 10.1. The molecule has 6 nitrogen and oxygen atoms in total. The minimum atomic E-state index is -0.802. The molecule has 4 N–H and O–H groups in total. The van der Waals surface area contributed by atoms with Gasteiger partial charge >= 0.3 is 0 Å². The van der Waals surface area contributed by atoms with Gasteiger partial charge in [0.25, 0.3) is 0 Å². The van der Waals surface area contributed by atoms with E-state index in [0.29, 0.717) is 18.2 Å². The summed E-state index contributed by atoms with van der Waals surface area (Å²) >= 11 is 1.19. The van der Waals surface area contributed by atoms with Crippen molar-refractivity contribution in [1.82, 2.24) is 14.3 Å². The maximum atomic E-state index is 9.97. The smallest absolute Gasteiger partial charge is 0.233 e. The number of aliphatic hydroxyl groups is 1. The third-order valence-corrected chi connectivity index (χ3v) is 2.41. The van der Waals surface area contributed by atoms with Crippen LogP contribution in [0.15, 0.2) is 0 Å². The number of nitrogens with zero attached hydrogens (tertiary/aromatic N) is 3. The molecule has 0 fully saturated rings. The number of rotatable bonds is 5. The lowest BCUT2D eigenvalue weighted by molar-refractivity contribution is 0.0460. The highest BCUT2D eigenvalue weighted by Crippen LogP contribution is 2.13. The largest absolute Gasteiger partial charge is 0.387 e. The molecule has 1 aromatic rings. The first-order chi connectivity index (χ1) is 6.89. The first kappa shape index (κ1) is 12.2. The number of nitrogen functional groups attached to an aromatic ring is 1. The van der Waals surface area contributed by atoms with Gasteiger partial charge in [-0.3, -0.25) is 0 Å². The number of hydrogen-bond acceptors (Lipinski definition) is 7. The van der Waals surface area contributed by atoms with E-state index in [4.69, 9.17) is 5.73 Å². The van der Waals surface area contributed by atoms with Crippen LogP contribution in [0.4, 0.5) is 11.1 Å². The summed E-state index contributed by atoms with van der Waals surface area (Å²) in [6.45, 7) is 2.76. The summed E-state index contributed by atoms with van der Waals surface area (Å²) in [6.07, 6.45) is 0. The predicted molar refractivity (Wildman–Crippen MR) is 62.0 cm³/mol. The number of nitrogens with two attached hydrogens (primary N) is 1. The molecule has 1 unspecified atom stereocenters. The van der Waals surface area contributed by atoms with Crippen LogP contribution in [0.5, 0.6) is 0 Å². The Bertz CT molecular complexity index is 312. The van der Waals surface area contributed by atoms with Crippen LogP contribution >= 0.6 is 11.5 Å². The number of hydrogen-bond donors (Lipinski definition) is 3. The highest BCUT2D eigenvalue weighted by Gasteiger charge is 2.21. The Labute approximate surface area is 93.3 Å². The second kappa shape index (κ2) is 4.73. The zero-order chi connectivity index (χ0) is 11.5. The normalized spacial score (nSPS) is 15.3. The minimum Gasteiger partial charge on any atom is -0.387 e. The fourth-order valence-corrected chi connectivity index (χ4v) is 1.80. The van der Waals surface area contributed by atoms with Crippen LogP contribution in [0.25, 0.3) is 0 Å². The lowest BCUT2D eigenvalue weighted by Crippen LogP contribution is -2.43. The number of likely N-dealkylation sites (N-methyl/N-ethyl adjacent to an activating group) is 1. The topological polar surface area (TPSA) is 87.3 Å². The van der Waals surface area contributed by atoms with Gasteiger partial charge in [-0.05, 0) is 21.0 Å². The van der Waals surface area contributed by atoms with Gasteiger partial charge in [0, 0.05) is 24.6 Å². The minimum absolute atomic E-state index is 0.259. The Morgan fingerprint density at radius 3 is 2.73 bits per heavy atom. The van der Waals surface area contributed by atoms with Gasteiger partial charge in [0.1, 0.15) is 0 Å². The maximum absolute atomic E-state index is 9.97. The predicted octanol–water partition coefficient (Wildman–Crippen LogP) is -0.155. The van der Waals surface area contributed by atoms with Gasteiger partial charge < -0.3 is 21.1 Å². The van der Waals surface area contributed by atoms with Crippen molar-refractivity contribution in [2.45, 2.75) is 12.5 Å². The fraction of sp³-hybridized carbons (Fsp3) is 0.750. The molecule has 86 valence electrons. The summed E-state index contributed by atoms with van der Waals surface area (Å²) in [5.74, 6) is 0.259.